The highest BCUT2D eigenvalue weighted by Gasteiger charge is 2.40. The molecule has 1 heterocycles. The molecule has 0 aromatic heterocycles. The highest BCUT2D eigenvalue weighted by molar-refractivity contribution is 5.82. The Kier molecular flexibility index (Phi) is 4.34. The van der Waals surface area contributed by atoms with Crippen molar-refractivity contribution in [1.29, 1.82) is 0 Å². The fourth-order valence-electron chi connectivity index (χ4n) is 2.36. The van der Waals surface area contributed by atoms with Crippen LogP contribution < -0.4 is 5.32 Å². The molecule has 1 amide bonds. The van der Waals surface area contributed by atoms with E-state index >= 15 is 0 Å². The standard InChI is InChI=1S/C14H24N2O4/c1-14(2,3)20-13(19)10-5-4-8-16(10)12(18)11(17)15-9-6-7-9/h9-10,12,18H,4-8H2,1-3H3,(H,15,17). The lowest BCUT2D eigenvalue weighted by molar-refractivity contribution is -0.165. The van der Waals surface area contributed by atoms with Crippen molar-refractivity contribution in [2.45, 2.75) is 70.4 Å². The fourth-order valence-corrected chi connectivity index (χ4v) is 2.36. The third kappa shape index (κ3) is 3.93. The second-order valence-corrected chi connectivity index (χ2v) is 6.59. The Morgan fingerprint density at radius 3 is 2.50 bits per heavy atom. The lowest BCUT2D eigenvalue weighted by atomic mass is 10.1. The van der Waals surface area contributed by atoms with Gasteiger partial charge >= 0.3 is 5.97 Å². The predicted octanol–water partition coefficient (Wildman–Crippen LogP) is 0.390. The van der Waals surface area contributed by atoms with Crippen LogP contribution in [0.15, 0.2) is 0 Å². The lowest BCUT2D eigenvalue weighted by Gasteiger charge is -2.29. The number of likely N-dealkylation sites (tertiary alicyclic amines) is 1. The van der Waals surface area contributed by atoms with Crippen LogP contribution >= 0.6 is 0 Å². The number of carbonyl (C=O) groups excluding carboxylic acids is 2. The number of esters is 1. The minimum Gasteiger partial charge on any atom is -0.459 e. The Morgan fingerprint density at radius 1 is 1.30 bits per heavy atom. The van der Waals surface area contributed by atoms with Crippen molar-refractivity contribution in [3.05, 3.63) is 0 Å². The highest BCUT2D eigenvalue weighted by atomic mass is 16.6. The van der Waals surface area contributed by atoms with Crippen molar-refractivity contribution in [3.63, 3.8) is 0 Å². The van der Waals surface area contributed by atoms with Crippen molar-refractivity contribution in [1.82, 2.24) is 10.2 Å². The maximum Gasteiger partial charge on any atom is 0.323 e. The van der Waals surface area contributed by atoms with Gasteiger partial charge in [0.05, 0.1) is 0 Å². The predicted molar refractivity (Wildman–Crippen MR) is 72.7 cm³/mol. The van der Waals surface area contributed by atoms with Crippen LogP contribution in [0.3, 0.4) is 0 Å². The molecule has 1 aliphatic heterocycles. The number of ether oxygens (including phenoxy) is 1. The van der Waals surface area contributed by atoms with Crippen molar-refractivity contribution in [2.24, 2.45) is 0 Å². The Hall–Kier alpha value is -1.14. The number of nitrogens with one attached hydrogen (secondary N) is 1. The quantitative estimate of drug-likeness (QED) is 0.730. The Morgan fingerprint density at radius 2 is 1.95 bits per heavy atom. The molecule has 114 valence electrons. The number of nitrogens with zero attached hydrogens (tertiary/aromatic N) is 1. The lowest BCUT2D eigenvalue weighted by Crippen LogP contribution is -2.52. The van der Waals surface area contributed by atoms with Crippen LogP contribution in [0.25, 0.3) is 0 Å². The van der Waals surface area contributed by atoms with Gasteiger partial charge in [0, 0.05) is 12.6 Å². The summed E-state index contributed by atoms with van der Waals surface area (Å²) in [5.41, 5.74) is -0.563. The van der Waals surface area contributed by atoms with Gasteiger partial charge in [-0.25, -0.2) is 0 Å². The Bertz CT molecular complexity index is 387. The molecule has 2 fully saturated rings. The van der Waals surface area contributed by atoms with Crippen LogP contribution in [-0.2, 0) is 14.3 Å². The van der Waals surface area contributed by atoms with E-state index < -0.39 is 23.8 Å². The average Bonchev–Trinajstić information content (AvgIpc) is 2.99. The summed E-state index contributed by atoms with van der Waals surface area (Å²) >= 11 is 0. The molecular weight excluding hydrogens is 260 g/mol. The van der Waals surface area contributed by atoms with E-state index in [2.05, 4.69) is 5.32 Å². The van der Waals surface area contributed by atoms with Crippen LogP contribution in [0.2, 0.25) is 0 Å². The van der Waals surface area contributed by atoms with Crippen LogP contribution in [0.1, 0.15) is 46.5 Å². The zero-order valence-electron chi connectivity index (χ0n) is 12.4. The van der Waals surface area contributed by atoms with E-state index in [0.29, 0.717) is 13.0 Å². The van der Waals surface area contributed by atoms with Crippen molar-refractivity contribution in [2.75, 3.05) is 6.54 Å². The summed E-state index contributed by atoms with van der Waals surface area (Å²) in [7, 11) is 0. The summed E-state index contributed by atoms with van der Waals surface area (Å²) < 4.78 is 5.35. The number of rotatable bonds is 4. The van der Waals surface area contributed by atoms with Gasteiger partial charge in [0.15, 0.2) is 6.23 Å². The number of carbonyl (C=O) groups is 2. The van der Waals surface area contributed by atoms with E-state index in [9.17, 15) is 14.7 Å². The molecule has 2 atom stereocenters. The molecule has 20 heavy (non-hydrogen) atoms. The van der Waals surface area contributed by atoms with Gasteiger partial charge in [0.25, 0.3) is 5.91 Å². The van der Waals surface area contributed by atoms with Gasteiger partial charge in [0.1, 0.15) is 11.6 Å². The molecule has 2 N–H and O–H groups in total. The third-order valence-electron chi connectivity index (χ3n) is 3.45. The number of hydrogen-bond donors (Lipinski definition) is 2. The number of aliphatic hydroxyl groups is 1. The van der Waals surface area contributed by atoms with Gasteiger partial charge < -0.3 is 15.2 Å². The second kappa shape index (κ2) is 5.69. The monoisotopic (exact) mass is 284 g/mol. The van der Waals surface area contributed by atoms with Crippen molar-refractivity contribution in [3.8, 4) is 0 Å². The Balaban J connectivity index is 1.95. The molecule has 1 saturated heterocycles. The number of amides is 1. The van der Waals surface area contributed by atoms with Crippen LogP contribution in [0.5, 0.6) is 0 Å². The molecule has 2 rings (SSSR count). The van der Waals surface area contributed by atoms with E-state index in [0.717, 1.165) is 19.3 Å². The van der Waals surface area contributed by atoms with Gasteiger partial charge in [-0.3, -0.25) is 14.5 Å². The van der Waals surface area contributed by atoms with E-state index in [1.165, 1.54) is 4.90 Å². The summed E-state index contributed by atoms with van der Waals surface area (Å²) in [5.74, 6) is -0.781. The van der Waals surface area contributed by atoms with Crippen LogP contribution in [0.4, 0.5) is 0 Å². The van der Waals surface area contributed by atoms with Gasteiger partial charge in [-0.1, -0.05) is 0 Å². The van der Waals surface area contributed by atoms with E-state index in [-0.39, 0.29) is 12.0 Å². The first-order valence-electron chi connectivity index (χ1n) is 7.25. The molecular formula is C14H24N2O4. The third-order valence-corrected chi connectivity index (χ3v) is 3.45. The SMILES string of the molecule is CC(C)(C)OC(=O)C1CCCN1C(O)C(=O)NC1CC1. The summed E-state index contributed by atoms with van der Waals surface area (Å²) in [6, 6.07) is -0.339. The summed E-state index contributed by atoms with van der Waals surface area (Å²) in [6.45, 7) is 5.95. The number of aliphatic hydroxyl groups excluding tert-OH is 1. The molecule has 2 unspecified atom stereocenters. The maximum atomic E-state index is 12.1. The first kappa shape index (κ1) is 15.3. The van der Waals surface area contributed by atoms with E-state index in [1.807, 2.05) is 0 Å². The Labute approximate surface area is 119 Å². The summed E-state index contributed by atoms with van der Waals surface area (Å²) in [5, 5.41) is 12.9. The first-order chi connectivity index (χ1) is 9.28. The van der Waals surface area contributed by atoms with Crippen molar-refractivity contribution >= 4 is 11.9 Å². The highest BCUT2D eigenvalue weighted by Crippen LogP contribution is 2.24. The van der Waals surface area contributed by atoms with Crippen molar-refractivity contribution < 1.29 is 19.4 Å². The average molecular weight is 284 g/mol. The number of hydrogen-bond acceptors (Lipinski definition) is 5. The molecule has 6 heteroatoms. The summed E-state index contributed by atoms with van der Waals surface area (Å²) in [6.07, 6.45) is 2.05. The zero-order chi connectivity index (χ0) is 14.9. The van der Waals surface area contributed by atoms with Gasteiger partial charge in [-0.2, -0.15) is 0 Å². The first-order valence-corrected chi connectivity index (χ1v) is 7.25. The van der Waals surface area contributed by atoms with E-state index in [4.69, 9.17) is 4.74 Å². The van der Waals surface area contributed by atoms with Crippen LogP contribution in [0, 0.1) is 0 Å². The molecule has 2 aliphatic rings. The van der Waals surface area contributed by atoms with Crippen LogP contribution in [-0.4, -0.2) is 52.3 Å². The molecule has 0 aromatic rings. The molecule has 0 spiro atoms. The normalized spacial score (nSPS) is 25.3. The fraction of sp³-hybridized carbons (Fsp3) is 0.857. The summed E-state index contributed by atoms with van der Waals surface area (Å²) in [4.78, 5) is 25.5. The molecule has 6 nitrogen and oxygen atoms in total. The smallest absolute Gasteiger partial charge is 0.323 e. The van der Waals surface area contributed by atoms with Gasteiger partial charge in [0.2, 0.25) is 0 Å². The molecule has 1 saturated carbocycles. The zero-order valence-corrected chi connectivity index (χ0v) is 12.4. The molecule has 1 aliphatic carbocycles. The topological polar surface area (TPSA) is 78.9 Å². The van der Waals surface area contributed by atoms with Gasteiger partial charge in [-0.15, -0.1) is 0 Å². The molecule has 0 radical (unpaired) electrons. The minimum absolute atomic E-state index is 0.194. The van der Waals surface area contributed by atoms with E-state index in [1.54, 1.807) is 20.8 Å². The largest absolute Gasteiger partial charge is 0.459 e. The molecule has 0 aromatic carbocycles. The molecule has 0 bridgehead atoms. The van der Waals surface area contributed by atoms with Gasteiger partial charge in [-0.05, 0) is 46.5 Å². The minimum atomic E-state index is -1.27. The maximum absolute atomic E-state index is 12.1. The second-order valence-electron chi connectivity index (χ2n) is 6.59.